The molecule has 0 atom stereocenters. The van der Waals surface area contributed by atoms with Gasteiger partial charge >= 0.3 is 0 Å². The van der Waals surface area contributed by atoms with Crippen molar-refractivity contribution >= 4 is 0 Å². The Labute approximate surface area is 140 Å². The predicted octanol–water partition coefficient (Wildman–Crippen LogP) is 2.52. The van der Waals surface area contributed by atoms with E-state index in [1.165, 1.54) is 25.7 Å². The van der Waals surface area contributed by atoms with Gasteiger partial charge in [-0.1, -0.05) is 26.7 Å². The summed E-state index contributed by atoms with van der Waals surface area (Å²) >= 11 is 0. The van der Waals surface area contributed by atoms with Crippen molar-refractivity contribution in [2.75, 3.05) is 33.7 Å². The minimum atomic E-state index is -0.285. The molecule has 5 heteroatoms. The molecule has 1 aromatic heterocycles. The highest BCUT2D eigenvalue weighted by atomic mass is 16.3. The average molecular weight is 323 g/mol. The average Bonchev–Trinajstić information content (AvgIpc) is 2.51. The molecule has 1 rings (SSSR count). The standard InChI is InChI=1S/C18H33N3O2/c1-5-7-9-20(10-8-6-2)14-16-13-17(22)18(23)15-21(16)12-11-19(3)4/h13,15,23H,5-12,14H2,1-4H3. The molecule has 0 aromatic carbocycles. The van der Waals surface area contributed by atoms with Crippen molar-refractivity contribution in [3.05, 3.63) is 28.2 Å². The molecule has 0 amide bonds. The summed E-state index contributed by atoms with van der Waals surface area (Å²) in [6.07, 6.45) is 6.27. The van der Waals surface area contributed by atoms with Gasteiger partial charge in [-0.3, -0.25) is 9.69 Å². The molecule has 0 bridgehead atoms. The van der Waals surface area contributed by atoms with E-state index >= 15 is 0 Å². The zero-order valence-electron chi connectivity index (χ0n) is 15.2. The number of aromatic hydroxyl groups is 1. The molecule has 0 saturated heterocycles. The smallest absolute Gasteiger partial charge is 0.223 e. The van der Waals surface area contributed by atoms with Gasteiger partial charge < -0.3 is 14.6 Å². The predicted molar refractivity (Wildman–Crippen MR) is 96.0 cm³/mol. The summed E-state index contributed by atoms with van der Waals surface area (Å²) in [5, 5.41) is 9.75. The van der Waals surface area contributed by atoms with Crippen LogP contribution in [-0.2, 0) is 13.1 Å². The second kappa shape index (κ2) is 10.4. The molecule has 0 saturated carbocycles. The molecule has 0 aliphatic rings. The molecule has 1 heterocycles. The van der Waals surface area contributed by atoms with E-state index in [4.69, 9.17) is 0 Å². The molecule has 0 aliphatic heterocycles. The lowest BCUT2D eigenvalue weighted by Gasteiger charge is -2.24. The highest BCUT2D eigenvalue weighted by molar-refractivity contribution is 5.20. The third kappa shape index (κ3) is 7.18. The molecule has 1 aromatic rings. The SMILES string of the molecule is CCCCN(CCCC)Cc1cc(=O)c(O)cn1CCN(C)C. The van der Waals surface area contributed by atoms with Gasteiger partial charge in [0.2, 0.25) is 5.43 Å². The third-order valence-corrected chi connectivity index (χ3v) is 4.03. The first kappa shape index (κ1) is 19.7. The monoisotopic (exact) mass is 323 g/mol. The van der Waals surface area contributed by atoms with Crippen molar-refractivity contribution in [3.8, 4) is 5.75 Å². The zero-order valence-corrected chi connectivity index (χ0v) is 15.2. The van der Waals surface area contributed by atoms with E-state index in [9.17, 15) is 9.90 Å². The molecule has 1 N–H and O–H groups in total. The second-order valence-corrected chi connectivity index (χ2v) is 6.49. The van der Waals surface area contributed by atoms with E-state index in [-0.39, 0.29) is 11.2 Å². The molecule has 0 aliphatic carbocycles. The minimum Gasteiger partial charge on any atom is -0.503 e. The number of aromatic nitrogens is 1. The molecule has 132 valence electrons. The maximum atomic E-state index is 11.8. The Bertz CT molecular complexity index is 503. The first-order valence-corrected chi connectivity index (χ1v) is 8.77. The second-order valence-electron chi connectivity index (χ2n) is 6.49. The summed E-state index contributed by atoms with van der Waals surface area (Å²) in [6, 6.07) is 1.59. The summed E-state index contributed by atoms with van der Waals surface area (Å²) in [5.41, 5.74) is 0.703. The first-order valence-electron chi connectivity index (χ1n) is 8.77. The Morgan fingerprint density at radius 2 is 1.70 bits per heavy atom. The van der Waals surface area contributed by atoms with Crippen molar-refractivity contribution in [2.45, 2.75) is 52.6 Å². The lowest BCUT2D eigenvalue weighted by atomic mass is 10.2. The van der Waals surface area contributed by atoms with Crippen LogP contribution in [0.3, 0.4) is 0 Å². The van der Waals surface area contributed by atoms with Crippen LogP contribution >= 0.6 is 0 Å². The van der Waals surface area contributed by atoms with Crippen molar-refractivity contribution in [1.82, 2.24) is 14.4 Å². The quantitative estimate of drug-likeness (QED) is 0.680. The Morgan fingerprint density at radius 1 is 1.09 bits per heavy atom. The number of hydrogen-bond acceptors (Lipinski definition) is 4. The van der Waals surface area contributed by atoms with Gasteiger partial charge in [0.25, 0.3) is 0 Å². The highest BCUT2D eigenvalue weighted by Crippen LogP contribution is 2.10. The number of nitrogens with zero attached hydrogens (tertiary/aromatic N) is 3. The minimum absolute atomic E-state index is 0.166. The van der Waals surface area contributed by atoms with E-state index < -0.39 is 0 Å². The number of likely N-dealkylation sites (N-methyl/N-ethyl adjacent to an activating group) is 1. The number of pyridine rings is 1. The number of hydrogen-bond donors (Lipinski definition) is 1. The van der Waals surface area contributed by atoms with Crippen LogP contribution in [0.1, 0.15) is 45.2 Å². The van der Waals surface area contributed by atoms with Crippen LogP contribution in [0.4, 0.5) is 0 Å². The molecule has 23 heavy (non-hydrogen) atoms. The molecular formula is C18H33N3O2. The molecule has 0 spiro atoms. The van der Waals surface area contributed by atoms with E-state index in [0.717, 1.165) is 38.4 Å². The maximum absolute atomic E-state index is 11.8. The van der Waals surface area contributed by atoms with Crippen LogP contribution in [0.2, 0.25) is 0 Å². The molecule has 0 fully saturated rings. The van der Waals surface area contributed by atoms with Gasteiger partial charge in [-0.2, -0.15) is 0 Å². The van der Waals surface area contributed by atoms with Crippen molar-refractivity contribution in [3.63, 3.8) is 0 Å². The van der Waals surface area contributed by atoms with Gasteiger partial charge in [-0.15, -0.1) is 0 Å². The van der Waals surface area contributed by atoms with Crippen molar-refractivity contribution < 1.29 is 5.11 Å². The number of rotatable bonds is 11. The Morgan fingerprint density at radius 3 is 2.22 bits per heavy atom. The van der Waals surface area contributed by atoms with Gasteiger partial charge in [0.1, 0.15) is 0 Å². The van der Waals surface area contributed by atoms with E-state index in [0.29, 0.717) is 0 Å². The summed E-state index contributed by atoms with van der Waals surface area (Å²) in [5.74, 6) is -0.166. The van der Waals surface area contributed by atoms with Crippen molar-refractivity contribution in [1.29, 1.82) is 0 Å². The highest BCUT2D eigenvalue weighted by Gasteiger charge is 2.11. The van der Waals surface area contributed by atoms with E-state index in [2.05, 4.69) is 23.6 Å². The number of unbranched alkanes of at least 4 members (excludes halogenated alkanes) is 2. The summed E-state index contributed by atoms with van der Waals surface area (Å²) < 4.78 is 2.02. The van der Waals surface area contributed by atoms with E-state index in [1.54, 1.807) is 12.3 Å². The zero-order chi connectivity index (χ0) is 17.2. The Balaban J connectivity index is 2.92. The molecule has 5 nitrogen and oxygen atoms in total. The van der Waals surface area contributed by atoms with Crippen LogP contribution in [0, 0.1) is 0 Å². The van der Waals surface area contributed by atoms with Gasteiger partial charge in [0, 0.05) is 31.4 Å². The summed E-state index contributed by atoms with van der Waals surface area (Å²) in [6.45, 7) is 8.92. The lowest BCUT2D eigenvalue weighted by molar-refractivity contribution is 0.248. The summed E-state index contributed by atoms with van der Waals surface area (Å²) in [4.78, 5) is 16.4. The lowest BCUT2D eigenvalue weighted by Crippen LogP contribution is -2.29. The van der Waals surface area contributed by atoms with Gasteiger partial charge in [0.15, 0.2) is 5.75 Å². The fourth-order valence-electron chi connectivity index (χ4n) is 2.52. The van der Waals surface area contributed by atoms with Crippen LogP contribution in [0.25, 0.3) is 0 Å². The maximum Gasteiger partial charge on any atom is 0.223 e. The normalized spacial score (nSPS) is 11.6. The van der Waals surface area contributed by atoms with Crippen molar-refractivity contribution in [2.24, 2.45) is 0 Å². The topological polar surface area (TPSA) is 48.7 Å². The van der Waals surface area contributed by atoms with Gasteiger partial charge in [0.05, 0.1) is 6.20 Å². The van der Waals surface area contributed by atoms with Crippen LogP contribution in [0.5, 0.6) is 5.75 Å². The van der Waals surface area contributed by atoms with E-state index in [1.807, 2.05) is 18.7 Å². The molecule has 0 radical (unpaired) electrons. The Hall–Kier alpha value is -1.33. The Kier molecular flexibility index (Phi) is 8.95. The van der Waals surface area contributed by atoms with Crippen LogP contribution in [0.15, 0.2) is 17.1 Å². The molecule has 0 unspecified atom stereocenters. The fourth-order valence-corrected chi connectivity index (χ4v) is 2.52. The largest absolute Gasteiger partial charge is 0.503 e. The van der Waals surface area contributed by atoms with Crippen LogP contribution in [-0.4, -0.2) is 53.2 Å². The van der Waals surface area contributed by atoms with Gasteiger partial charge in [-0.05, 0) is 40.0 Å². The third-order valence-electron chi connectivity index (χ3n) is 4.03. The summed E-state index contributed by atoms with van der Waals surface area (Å²) in [7, 11) is 4.05. The first-order chi connectivity index (χ1) is 11.0. The van der Waals surface area contributed by atoms with Gasteiger partial charge in [-0.25, -0.2) is 0 Å². The van der Waals surface area contributed by atoms with Crippen LogP contribution < -0.4 is 5.43 Å². The molecular weight excluding hydrogens is 290 g/mol. The fraction of sp³-hybridized carbons (Fsp3) is 0.722.